The van der Waals surface area contributed by atoms with Crippen LogP contribution >= 0.6 is 0 Å². The first kappa shape index (κ1) is 22.1. The van der Waals surface area contributed by atoms with Crippen LogP contribution in [-0.4, -0.2) is 34.1 Å². The Balaban J connectivity index is 1.63. The van der Waals surface area contributed by atoms with Crippen molar-refractivity contribution in [3.8, 4) is 0 Å². The zero-order chi connectivity index (χ0) is 21.0. The van der Waals surface area contributed by atoms with Gasteiger partial charge in [0.05, 0.1) is 12.2 Å². The van der Waals surface area contributed by atoms with Gasteiger partial charge in [0, 0.05) is 6.61 Å². The summed E-state index contributed by atoms with van der Waals surface area (Å²) in [6.45, 7) is 10.0. The Bertz CT molecular complexity index is 578. The second-order valence-corrected chi connectivity index (χ2v) is 12.0. The third-order valence-electron chi connectivity index (χ3n) is 11.0. The molecule has 4 unspecified atom stereocenters. The highest BCUT2D eigenvalue weighted by atomic mass is 16.3. The summed E-state index contributed by atoms with van der Waals surface area (Å²) in [5.41, 5.74) is 0.651. The number of fused-ring (bicyclic) bond motifs is 5. The quantitative estimate of drug-likeness (QED) is 0.601. The average molecular weight is 407 g/mol. The number of rotatable bonds is 5. The maximum Gasteiger partial charge on any atom is 0.0605 e. The van der Waals surface area contributed by atoms with E-state index >= 15 is 0 Å². The molecule has 168 valence electrons. The predicted molar refractivity (Wildman–Crippen MR) is 117 cm³/mol. The molecule has 4 rings (SSSR count). The third-order valence-corrected chi connectivity index (χ3v) is 11.0. The first-order valence-electron chi connectivity index (χ1n) is 12.7. The Morgan fingerprint density at radius 3 is 2.31 bits per heavy atom. The van der Waals surface area contributed by atoms with Crippen molar-refractivity contribution in [1.29, 1.82) is 0 Å². The van der Waals surface area contributed by atoms with Crippen LogP contribution in [0.2, 0.25) is 0 Å². The molecule has 3 N–H and O–H groups in total. The highest BCUT2D eigenvalue weighted by molar-refractivity contribution is 5.13. The van der Waals surface area contributed by atoms with Crippen LogP contribution < -0.4 is 0 Å². The number of hydrogen-bond donors (Lipinski definition) is 3. The van der Waals surface area contributed by atoms with Crippen LogP contribution in [0.25, 0.3) is 0 Å². The second kappa shape index (κ2) is 8.10. The minimum atomic E-state index is -0.190. The van der Waals surface area contributed by atoms with Crippen molar-refractivity contribution in [1.82, 2.24) is 0 Å². The monoisotopic (exact) mass is 406 g/mol. The van der Waals surface area contributed by atoms with Crippen molar-refractivity contribution in [3.63, 3.8) is 0 Å². The van der Waals surface area contributed by atoms with E-state index in [0.717, 1.165) is 44.4 Å². The van der Waals surface area contributed by atoms with Gasteiger partial charge < -0.3 is 15.3 Å². The van der Waals surface area contributed by atoms with E-state index in [1.165, 1.54) is 25.7 Å². The van der Waals surface area contributed by atoms with Crippen LogP contribution in [0.5, 0.6) is 0 Å². The standard InChI is InChI=1S/C26H46O3/c1-5-18-22-15-17(28)10-12-26(22,4)21-11-13-25(3)19(16(2)7-6-14-27)8-9-20(25)23(21)24(18)29/h16-24,27-29H,5-15H2,1-4H3/t16-,17-,18-,19-,20?,21?,22+,23?,24-,25-,26?/m1/s1. The summed E-state index contributed by atoms with van der Waals surface area (Å²) in [4.78, 5) is 0. The van der Waals surface area contributed by atoms with Crippen molar-refractivity contribution in [2.75, 3.05) is 6.61 Å². The van der Waals surface area contributed by atoms with Crippen LogP contribution in [0, 0.1) is 52.3 Å². The molecule has 0 aromatic rings. The van der Waals surface area contributed by atoms with E-state index in [1.807, 2.05) is 0 Å². The number of hydrogen-bond acceptors (Lipinski definition) is 3. The molecule has 4 fully saturated rings. The van der Waals surface area contributed by atoms with Crippen molar-refractivity contribution < 1.29 is 15.3 Å². The molecular weight excluding hydrogens is 360 g/mol. The lowest BCUT2D eigenvalue weighted by atomic mass is 9.41. The first-order valence-corrected chi connectivity index (χ1v) is 12.7. The normalized spacial score (nSPS) is 53.1. The summed E-state index contributed by atoms with van der Waals surface area (Å²) in [6, 6.07) is 0. The Labute approximate surface area is 178 Å². The molecular formula is C26H46O3. The fourth-order valence-corrected chi connectivity index (χ4v) is 9.55. The molecule has 0 heterocycles. The Morgan fingerprint density at radius 1 is 0.931 bits per heavy atom. The van der Waals surface area contributed by atoms with E-state index < -0.39 is 0 Å². The molecule has 0 radical (unpaired) electrons. The van der Waals surface area contributed by atoms with Crippen LogP contribution in [0.15, 0.2) is 0 Å². The van der Waals surface area contributed by atoms with Crippen LogP contribution in [0.4, 0.5) is 0 Å². The Kier molecular flexibility index (Phi) is 6.17. The second-order valence-electron chi connectivity index (χ2n) is 12.0. The lowest BCUT2D eigenvalue weighted by Gasteiger charge is -2.64. The fourth-order valence-electron chi connectivity index (χ4n) is 9.55. The molecule has 0 aromatic carbocycles. The SMILES string of the molecule is CC[C@H]1[C@@H](O)C2C(CC[C@@]3(C)C2CC[C@@H]3[C@H](C)CCCO)C2(C)CC[C@@H](O)C[C@@H]12. The van der Waals surface area contributed by atoms with E-state index in [4.69, 9.17) is 0 Å². The first-order chi connectivity index (χ1) is 13.8. The van der Waals surface area contributed by atoms with Gasteiger partial charge in [-0.05, 0) is 110 Å². The van der Waals surface area contributed by atoms with Gasteiger partial charge in [-0.2, -0.15) is 0 Å². The van der Waals surface area contributed by atoms with Crippen molar-refractivity contribution >= 4 is 0 Å². The van der Waals surface area contributed by atoms with Gasteiger partial charge >= 0.3 is 0 Å². The number of aliphatic hydroxyl groups is 3. The summed E-state index contributed by atoms with van der Waals surface area (Å²) < 4.78 is 0. The van der Waals surface area contributed by atoms with Crippen molar-refractivity contribution in [2.45, 2.75) is 104 Å². The molecule has 0 saturated heterocycles. The molecule has 4 aliphatic rings. The molecule has 0 aliphatic heterocycles. The van der Waals surface area contributed by atoms with Gasteiger partial charge in [0.25, 0.3) is 0 Å². The van der Waals surface area contributed by atoms with Crippen LogP contribution in [0.1, 0.15) is 91.9 Å². The van der Waals surface area contributed by atoms with Gasteiger partial charge in [-0.1, -0.05) is 34.1 Å². The lowest BCUT2D eigenvalue weighted by Crippen LogP contribution is -2.62. The van der Waals surface area contributed by atoms with Gasteiger partial charge in [0.1, 0.15) is 0 Å². The molecule has 0 bridgehead atoms. The van der Waals surface area contributed by atoms with Crippen LogP contribution in [0.3, 0.4) is 0 Å². The summed E-state index contributed by atoms with van der Waals surface area (Å²) in [7, 11) is 0. The molecule has 29 heavy (non-hydrogen) atoms. The van der Waals surface area contributed by atoms with Gasteiger partial charge in [-0.15, -0.1) is 0 Å². The molecule has 11 atom stereocenters. The van der Waals surface area contributed by atoms with E-state index in [0.29, 0.717) is 52.9 Å². The molecule has 4 saturated carbocycles. The summed E-state index contributed by atoms with van der Waals surface area (Å²) in [6.07, 6.45) is 10.9. The van der Waals surface area contributed by atoms with Gasteiger partial charge in [-0.25, -0.2) is 0 Å². The van der Waals surface area contributed by atoms with Crippen molar-refractivity contribution in [2.24, 2.45) is 52.3 Å². The molecule has 3 nitrogen and oxygen atoms in total. The minimum Gasteiger partial charge on any atom is -0.396 e. The zero-order valence-electron chi connectivity index (χ0n) is 19.3. The molecule has 0 spiro atoms. The predicted octanol–water partition coefficient (Wildman–Crippen LogP) is 5.02. The average Bonchev–Trinajstić information content (AvgIpc) is 3.05. The summed E-state index contributed by atoms with van der Waals surface area (Å²) in [5.74, 6) is 3.97. The van der Waals surface area contributed by atoms with E-state index in [9.17, 15) is 15.3 Å². The van der Waals surface area contributed by atoms with Gasteiger partial charge in [0.15, 0.2) is 0 Å². The summed E-state index contributed by atoms with van der Waals surface area (Å²) in [5, 5.41) is 31.4. The summed E-state index contributed by atoms with van der Waals surface area (Å²) >= 11 is 0. The molecule has 4 aliphatic carbocycles. The molecule has 3 heteroatoms. The largest absolute Gasteiger partial charge is 0.396 e. The maximum absolute atomic E-state index is 11.7. The third kappa shape index (κ3) is 3.33. The lowest BCUT2D eigenvalue weighted by molar-refractivity contribution is -0.203. The van der Waals surface area contributed by atoms with E-state index in [2.05, 4.69) is 27.7 Å². The maximum atomic E-state index is 11.7. The highest BCUT2D eigenvalue weighted by Gasteiger charge is 2.64. The number of aliphatic hydroxyl groups excluding tert-OH is 3. The molecule has 0 aromatic heterocycles. The smallest absolute Gasteiger partial charge is 0.0605 e. The highest BCUT2D eigenvalue weighted by Crippen LogP contribution is 2.69. The Hall–Kier alpha value is -0.120. The van der Waals surface area contributed by atoms with Crippen LogP contribution in [-0.2, 0) is 0 Å². The Morgan fingerprint density at radius 2 is 1.62 bits per heavy atom. The van der Waals surface area contributed by atoms with Gasteiger partial charge in [0.2, 0.25) is 0 Å². The zero-order valence-corrected chi connectivity index (χ0v) is 19.3. The van der Waals surface area contributed by atoms with E-state index in [1.54, 1.807) is 0 Å². The fraction of sp³-hybridized carbons (Fsp3) is 1.00. The van der Waals surface area contributed by atoms with Gasteiger partial charge in [-0.3, -0.25) is 0 Å². The minimum absolute atomic E-state index is 0.164. The van der Waals surface area contributed by atoms with E-state index in [-0.39, 0.29) is 12.2 Å². The molecule has 0 amide bonds. The topological polar surface area (TPSA) is 60.7 Å². The van der Waals surface area contributed by atoms with Crippen molar-refractivity contribution in [3.05, 3.63) is 0 Å².